The lowest BCUT2D eigenvalue weighted by molar-refractivity contribution is 0.466. The first-order valence-corrected chi connectivity index (χ1v) is 6.44. The van der Waals surface area contributed by atoms with Crippen LogP contribution >= 0.6 is 0 Å². The normalized spacial score (nSPS) is 22.1. The van der Waals surface area contributed by atoms with Crippen molar-refractivity contribution in [3.05, 3.63) is 35.1 Å². The first-order chi connectivity index (χ1) is 7.59. The second-order valence-electron chi connectivity index (χ2n) is 3.52. The fourth-order valence-electron chi connectivity index (χ4n) is 1.47. The molecule has 16 heavy (non-hydrogen) atoms. The second-order valence-corrected chi connectivity index (χ2v) is 5.45. The Morgan fingerprint density at radius 1 is 1.56 bits per heavy atom. The minimum Gasteiger partial charge on any atom is -0.449 e. The molecule has 0 bridgehead atoms. The van der Waals surface area contributed by atoms with Crippen molar-refractivity contribution in [3.8, 4) is 6.07 Å². The molecule has 0 radical (unpaired) electrons. The summed E-state index contributed by atoms with van der Waals surface area (Å²) in [4.78, 5) is 0. The lowest BCUT2D eigenvalue weighted by atomic mass is 10.3. The van der Waals surface area contributed by atoms with Crippen molar-refractivity contribution in [1.29, 1.82) is 5.26 Å². The van der Waals surface area contributed by atoms with Crippen LogP contribution < -0.4 is 5.32 Å². The number of nitrogens with one attached hydrogen (secondary N) is 1. The molecule has 1 aliphatic rings. The summed E-state index contributed by atoms with van der Waals surface area (Å²) >= 11 is 0. The highest BCUT2D eigenvalue weighted by Crippen LogP contribution is 2.10. The molecule has 0 saturated carbocycles. The number of sulfone groups is 1. The minimum atomic E-state index is -3.03. The fourth-order valence-corrected chi connectivity index (χ4v) is 2.74. The Morgan fingerprint density at radius 2 is 2.38 bits per heavy atom. The SMILES string of the molecule is N#Cc1ccc(CNC2C=CS(=O)(=O)C2)o1. The Hall–Kier alpha value is -1.58. The predicted molar refractivity (Wildman–Crippen MR) is 57.0 cm³/mol. The van der Waals surface area contributed by atoms with Gasteiger partial charge in [-0.15, -0.1) is 0 Å². The summed E-state index contributed by atoms with van der Waals surface area (Å²) in [6.45, 7) is 0.409. The van der Waals surface area contributed by atoms with Crippen molar-refractivity contribution in [2.45, 2.75) is 12.6 Å². The summed E-state index contributed by atoms with van der Waals surface area (Å²) in [6, 6.07) is 4.98. The van der Waals surface area contributed by atoms with E-state index in [9.17, 15) is 8.42 Å². The molecule has 1 atom stereocenters. The zero-order valence-corrected chi connectivity index (χ0v) is 9.20. The monoisotopic (exact) mass is 238 g/mol. The topological polar surface area (TPSA) is 83.1 Å². The molecule has 2 rings (SSSR count). The molecule has 0 saturated heterocycles. The van der Waals surface area contributed by atoms with Crippen LogP contribution in [0, 0.1) is 11.3 Å². The molecular weight excluding hydrogens is 228 g/mol. The maximum Gasteiger partial charge on any atom is 0.203 e. The van der Waals surface area contributed by atoms with Crippen LogP contribution in [0.1, 0.15) is 11.5 Å². The quantitative estimate of drug-likeness (QED) is 0.831. The van der Waals surface area contributed by atoms with Gasteiger partial charge in [-0.25, -0.2) is 8.42 Å². The Labute approximate surface area is 93.3 Å². The predicted octanol–water partition coefficient (Wildman–Crippen LogP) is 0.552. The molecule has 1 aromatic rings. The van der Waals surface area contributed by atoms with E-state index in [2.05, 4.69) is 5.32 Å². The van der Waals surface area contributed by atoms with Crippen LogP contribution in [-0.2, 0) is 16.4 Å². The molecule has 6 heteroatoms. The van der Waals surface area contributed by atoms with Crippen molar-refractivity contribution in [3.63, 3.8) is 0 Å². The Balaban J connectivity index is 1.90. The van der Waals surface area contributed by atoms with E-state index in [1.54, 1.807) is 18.2 Å². The molecule has 84 valence electrons. The summed E-state index contributed by atoms with van der Waals surface area (Å²) in [7, 11) is -3.03. The molecule has 1 aliphatic heterocycles. The lowest BCUT2D eigenvalue weighted by Crippen LogP contribution is -2.29. The van der Waals surface area contributed by atoms with Crippen molar-refractivity contribution in [2.24, 2.45) is 0 Å². The third-order valence-corrected chi connectivity index (χ3v) is 3.64. The molecule has 0 amide bonds. The average Bonchev–Trinajstić information content (AvgIpc) is 2.81. The number of hydrogen-bond acceptors (Lipinski definition) is 5. The van der Waals surface area contributed by atoms with E-state index in [0.717, 1.165) is 0 Å². The lowest BCUT2D eigenvalue weighted by Gasteiger charge is -2.07. The maximum absolute atomic E-state index is 11.1. The van der Waals surface area contributed by atoms with E-state index in [1.807, 2.05) is 6.07 Å². The van der Waals surface area contributed by atoms with Crippen molar-refractivity contribution >= 4 is 9.84 Å². The van der Waals surface area contributed by atoms with Gasteiger partial charge >= 0.3 is 0 Å². The second kappa shape index (κ2) is 4.12. The average molecular weight is 238 g/mol. The largest absolute Gasteiger partial charge is 0.449 e. The smallest absolute Gasteiger partial charge is 0.203 e. The Morgan fingerprint density at radius 3 is 2.94 bits per heavy atom. The van der Waals surface area contributed by atoms with Gasteiger partial charge in [0, 0.05) is 11.4 Å². The van der Waals surface area contributed by atoms with E-state index < -0.39 is 9.84 Å². The molecule has 0 aliphatic carbocycles. The number of nitrogens with zero attached hydrogens (tertiary/aromatic N) is 1. The molecule has 0 aromatic carbocycles. The number of furan rings is 1. The minimum absolute atomic E-state index is 0.0822. The first-order valence-electron chi connectivity index (χ1n) is 4.72. The van der Waals surface area contributed by atoms with Gasteiger partial charge in [-0.1, -0.05) is 6.08 Å². The highest BCUT2D eigenvalue weighted by molar-refractivity contribution is 7.94. The zero-order chi connectivity index (χ0) is 11.6. The number of hydrogen-bond donors (Lipinski definition) is 1. The van der Waals surface area contributed by atoms with Crippen molar-refractivity contribution in [1.82, 2.24) is 5.32 Å². The zero-order valence-electron chi connectivity index (χ0n) is 8.38. The molecule has 0 spiro atoms. The van der Waals surface area contributed by atoms with Crippen LogP contribution in [0.3, 0.4) is 0 Å². The van der Waals surface area contributed by atoms with E-state index in [4.69, 9.17) is 9.68 Å². The third-order valence-electron chi connectivity index (χ3n) is 2.24. The van der Waals surface area contributed by atoms with Gasteiger partial charge in [0.2, 0.25) is 5.76 Å². The number of nitriles is 1. The Kier molecular flexibility index (Phi) is 2.81. The molecular formula is C10H10N2O3S. The van der Waals surface area contributed by atoms with Gasteiger partial charge in [-0.05, 0) is 12.1 Å². The van der Waals surface area contributed by atoms with Gasteiger partial charge in [0.1, 0.15) is 11.8 Å². The summed E-state index contributed by atoms with van der Waals surface area (Å²) in [5.41, 5.74) is 0. The van der Waals surface area contributed by atoms with Crippen LogP contribution in [0.2, 0.25) is 0 Å². The van der Waals surface area contributed by atoms with E-state index in [0.29, 0.717) is 12.3 Å². The van der Waals surface area contributed by atoms with Crippen LogP contribution in [0.25, 0.3) is 0 Å². The molecule has 1 N–H and O–H groups in total. The van der Waals surface area contributed by atoms with Crippen LogP contribution in [-0.4, -0.2) is 20.2 Å². The standard InChI is InChI=1S/C10H10N2O3S/c11-5-9-1-2-10(15-9)6-12-8-3-4-16(13,14)7-8/h1-4,8,12H,6-7H2. The summed E-state index contributed by atoms with van der Waals surface area (Å²) in [5.74, 6) is 0.958. The summed E-state index contributed by atoms with van der Waals surface area (Å²) in [6.07, 6.45) is 1.61. The van der Waals surface area contributed by atoms with Gasteiger partial charge in [-0.3, -0.25) is 0 Å². The van der Waals surface area contributed by atoms with Crippen LogP contribution in [0.5, 0.6) is 0 Å². The van der Waals surface area contributed by atoms with Gasteiger partial charge < -0.3 is 9.73 Å². The molecule has 1 aromatic heterocycles. The highest BCUT2D eigenvalue weighted by atomic mass is 32.2. The van der Waals surface area contributed by atoms with E-state index in [1.165, 1.54) is 5.41 Å². The Bertz CT molecular complexity index is 551. The van der Waals surface area contributed by atoms with Crippen LogP contribution in [0.4, 0.5) is 0 Å². The van der Waals surface area contributed by atoms with Gasteiger partial charge in [-0.2, -0.15) is 5.26 Å². The molecule has 1 unspecified atom stereocenters. The van der Waals surface area contributed by atoms with E-state index >= 15 is 0 Å². The fraction of sp³-hybridized carbons (Fsp3) is 0.300. The van der Waals surface area contributed by atoms with Crippen molar-refractivity contribution in [2.75, 3.05) is 5.75 Å². The van der Waals surface area contributed by atoms with E-state index in [-0.39, 0.29) is 17.6 Å². The molecule has 0 fully saturated rings. The first kappa shape index (κ1) is 10.9. The maximum atomic E-state index is 11.1. The summed E-state index contributed by atoms with van der Waals surface area (Å²) in [5, 5.41) is 12.8. The van der Waals surface area contributed by atoms with Gasteiger partial charge in [0.25, 0.3) is 0 Å². The highest BCUT2D eigenvalue weighted by Gasteiger charge is 2.21. The van der Waals surface area contributed by atoms with Gasteiger partial charge in [0.15, 0.2) is 9.84 Å². The summed E-state index contributed by atoms with van der Waals surface area (Å²) < 4.78 is 27.4. The van der Waals surface area contributed by atoms with Gasteiger partial charge in [0.05, 0.1) is 12.3 Å². The van der Waals surface area contributed by atoms with Crippen LogP contribution in [0.15, 0.2) is 28.0 Å². The molecule has 5 nitrogen and oxygen atoms in total. The molecule has 2 heterocycles. The number of rotatable bonds is 3. The third kappa shape index (κ3) is 2.51. The van der Waals surface area contributed by atoms with Crippen molar-refractivity contribution < 1.29 is 12.8 Å².